The van der Waals surface area contributed by atoms with Crippen LogP contribution >= 0.6 is 0 Å². The monoisotopic (exact) mass is 249 g/mol. The van der Waals surface area contributed by atoms with Crippen LogP contribution < -0.4 is 5.32 Å². The molecule has 0 radical (unpaired) electrons. The van der Waals surface area contributed by atoms with Crippen molar-refractivity contribution >= 4 is 17.0 Å². The zero-order chi connectivity index (χ0) is 13.0. The Balaban J connectivity index is 1.86. The largest absolute Gasteiger partial charge is 0.375 e. The number of nitrogens with zero attached hydrogens (tertiary/aromatic N) is 1. The Kier molecular flexibility index (Phi) is 3.94. The first kappa shape index (κ1) is 12.6. The van der Waals surface area contributed by atoms with Crippen molar-refractivity contribution in [3.63, 3.8) is 0 Å². The third-order valence-electron chi connectivity index (χ3n) is 2.33. The molecule has 4 nitrogen and oxygen atoms in total. The van der Waals surface area contributed by atoms with Gasteiger partial charge in [-0.15, -0.1) is 0 Å². The highest BCUT2D eigenvalue weighted by molar-refractivity contribution is 5.77. The first-order valence-electron chi connectivity index (χ1n) is 5.76. The summed E-state index contributed by atoms with van der Waals surface area (Å²) >= 11 is 0. The van der Waals surface area contributed by atoms with Crippen LogP contribution in [0.1, 0.15) is 6.92 Å². The van der Waals surface area contributed by atoms with Crippen molar-refractivity contribution in [3.05, 3.63) is 36.2 Å². The minimum absolute atomic E-state index is 0.275. The SMILES string of the molecule is C=C(C)COCCNc1nc2ccc(F)cc2[nH]1. The van der Waals surface area contributed by atoms with Gasteiger partial charge < -0.3 is 15.0 Å². The molecule has 1 aromatic heterocycles. The van der Waals surface area contributed by atoms with Gasteiger partial charge in [0.05, 0.1) is 24.2 Å². The zero-order valence-electron chi connectivity index (χ0n) is 10.3. The molecule has 0 amide bonds. The number of hydrogen-bond donors (Lipinski definition) is 2. The lowest BCUT2D eigenvalue weighted by atomic mass is 10.3. The number of anilines is 1. The maximum absolute atomic E-state index is 13.0. The molecular weight excluding hydrogens is 233 g/mol. The molecule has 0 fully saturated rings. The zero-order valence-corrected chi connectivity index (χ0v) is 10.3. The average Bonchev–Trinajstić information content (AvgIpc) is 2.70. The molecular formula is C13H16FN3O. The Bertz CT molecular complexity index is 550. The van der Waals surface area contributed by atoms with Crippen molar-refractivity contribution in [1.82, 2.24) is 9.97 Å². The van der Waals surface area contributed by atoms with E-state index in [1.54, 1.807) is 6.07 Å². The Morgan fingerprint density at radius 1 is 1.56 bits per heavy atom. The van der Waals surface area contributed by atoms with Crippen LogP contribution in [0.3, 0.4) is 0 Å². The molecule has 0 bridgehead atoms. The minimum Gasteiger partial charge on any atom is -0.375 e. The van der Waals surface area contributed by atoms with Crippen LogP contribution in [0.4, 0.5) is 10.3 Å². The molecule has 0 unspecified atom stereocenters. The fourth-order valence-corrected chi connectivity index (χ4v) is 1.55. The Morgan fingerprint density at radius 2 is 2.39 bits per heavy atom. The molecule has 0 saturated heterocycles. The molecule has 96 valence electrons. The predicted octanol–water partition coefficient (Wildman–Crippen LogP) is 2.71. The van der Waals surface area contributed by atoms with Crippen molar-refractivity contribution in [2.24, 2.45) is 0 Å². The van der Waals surface area contributed by atoms with Crippen molar-refractivity contribution < 1.29 is 9.13 Å². The van der Waals surface area contributed by atoms with E-state index in [0.717, 1.165) is 11.1 Å². The van der Waals surface area contributed by atoms with Crippen molar-refractivity contribution in [2.75, 3.05) is 25.1 Å². The number of nitrogens with one attached hydrogen (secondary N) is 2. The number of rotatable bonds is 6. The minimum atomic E-state index is -0.275. The fraction of sp³-hybridized carbons (Fsp3) is 0.308. The standard InChI is InChI=1S/C13H16FN3O/c1-9(2)8-18-6-5-15-13-16-11-4-3-10(14)7-12(11)17-13/h3-4,7H,1,5-6,8H2,2H3,(H2,15,16,17). The highest BCUT2D eigenvalue weighted by atomic mass is 19.1. The number of aromatic nitrogens is 2. The number of aromatic amines is 1. The summed E-state index contributed by atoms with van der Waals surface area (Å²) in [7, 11) is 0. The molecule has 0 atom stereocenters. The van der Waals surface area contributed by atoms with E-state index in [4.69, 9.17) is 4.74 Å². The second-order valence-electron chi connectivity index (χ2n) is 4.18. The molecule has 0 spiro atoms. The summed E-state index contributed by atoms with van der Waals surface area (Å²) in [5.74, 6) is 0.344. The number of imidazole rings is 1. The highest BCUT2D eigenvalue weighted by Gasteiger charge is 2.02. The summed E-state index contributed by atoms with van der Waals surface area (Å²) in [5, 5.41) is 3.08. The Hall–Kier alpha value is -1.88. The lowest BCUT2D eigenvalue weighted by Crippen LogP contribution is -2.11. The topological polar surface area (TPSA) is 49.9 Å². The second kappa shape index (κ2) is 5.64. The van der Waals surface area contributed by atoms with Gasteiger partial charge in [0, 0.05) is 6.54 Å². The predicted molar refractivity (Wildman–Crippen MR) is 70.2 cm³/mol. The summed E-state index contributed by atoms with van der Waals surface area (Å²) in [6.07, 6.45) is 0. The van der Waals surface area contributed by atoms with Crippen LogP contribution in [-0.4, -0.2) is 29.7 Å². The molecule has 0 saturated carbocycles. The molecule has 0 aliphatic heterocycles. The van der Waals surface area contributed by atoms with E-state index < -0.39 is 0 Å². The molecule has 2 aromatic rings. The summed E-state index contributed by atoms with van der Waals surface area (Å²) < 4.78 is 18.3. The first-order valence-corrected chi connectivity index (χ1v) is 5.76. The van der Waals surface area contributed by atoms with Crippen LogP contribution in [0.5, 0.6) is 0 Å². The maximum Gasteiger partial charge on any atom is 0.201 e. The Morgan fingerprint density at radius 3 is 3.17 bits per heavy atom. The quantitative estimate of drug-likeness (QED) is 0.611. The van der Waals surface area contributed by atoms with Gasteiger partial charge in [-0.25, -0.2) is 9.37 Å². The highest BCUT2D eigenvalue weighted by Crippen LogP contribution is 2.14. The summed E-state index contributed by atoms with van der Waals surface area (Å²) in [5.41, 5.74) is 2.41. The van der Waals surface area contributed by atoms with E-state index in [-0.39, 0.29) is 5.82 Å². The maximum atomic E-state index is 13.0. The lowest BCUT2D eigenvalue weighted by molar-refractivity contribution is 0.167. The molecule has 18 heavy (non-hydrogen) atoms. The number of ether oxygens (including phenoxy) is 1. The molecule has 0 aliphatic rings. The normalized spacial score (nSPS) is 10.8. The summed E-state index contributed by atoms with van der Waals surface area (Å²) in [6.45, 7) is 7.43. The van der Waals surface area contributed by atoms with Gasteiger partial charge in [-0.2, -0.15) is 0 Å². The molecule has 5 heteroatoms. The van der Waals surface area contributed by atoms with E-state index in [2.05, 4.69) is 21.9 Å². The Labute approximate surface area is 105 Å². The van der Waals surface area contributed by atoms with E-state index in [1.165, 1.54) is 12.1 Å². The first-order chi connectivity index (χ1) is 8.65. The summed E-state index contributed by atoms with van der Waals surface area (Å²) in [6, 6.07) is 4.46. The van der Waals surface area contributed by atoms with Crippen LogP contribution in [-0.2, 0) is 4.74 Å². The second-order valence-corrected chi connectivity index (χ2v) is 4.18. The van der Waals surface area contributed by atoms with Gasteiger partial charge in [0.15, 0.2) is 0 Å². The number of hydrogen-bond acceptors (Lipinski definition) is 3. The van der Waals surface area contributed by atoms with Gasteiger partial charge >= 0.3 is 0 Å². The van der Waals surface area contributed by atoms with Crippen LogP contribution in [0.15, 0.2) is 30.4 Å². The fourth-order valence-electron chi connectivity index (χ4n) is 1.55. The van der Waals surface area contributed by atoms with Crippen molar-refractivity contribution in [1.29, 1.82) is 0 Å². The average molecular weight is 249 g/mol. The van der Waals surface area contributed by atoms with Gasteiger partial charge in [0.2, 0.25) is 5.95 Å². The summed E-state index contributed by atoms with van der Waals surface area (Å²) in [4.78, 5) is 7.28. The van der Waals surface area contributed by atoms with Crippen LogP contribution in [0.2, 0.25) is 0 Å². The number of H-pyrrole nitrogens is 1. The molecule has 0 aliphatic carbocycles. The molecule has 2 rings (SSSR count). The molecule has 2 N–H and O–H groups in total. The smallest absolute Gasteiger partial charge is 0.201 e. The van der Waals surface area contributed by atoms with Gasteiger partial charge in [0.1, 0.15) is 5.82 Å². The van der Waals surface area contributed by atoms with Gasteiger partial charge in [0.25, 0.3) is 0 Å². The number of benzene rings is 1. The van der Waals surface area contributed by atoms with Crippen LogP contribution in [0.25, 0.3) is 11.0 Å². The van der Waals surface area contributed by atoms with E-state index in [1.807, 2.05) is 6.92 Å². The lowest BCUT2D eigenvalue weighted by Gasteiger charge is -2.04. The molecule has 1 aromatic carbocycles. The van der Waals surface area contributed by atoms with Crippen LogP contribution in [0, 0.1) is 5.82 Å². The van der Waals surface area contributed by atoms with Crippen molar-refractivity contribution in [2.45, 2.75) is 6.92 Å². The number of halogens is 1. The van der Waals surface area contributed by atoms with E-state index >= 15 is 0 Å². The third kappa shape index (κ3) is 3.30. The third-order valence-corrected chi connectivity index (χ3v) is 2.33. The molecule has 1 heterocycles. The number of fused-ring (bicyclic) bond motifs is 1. The van der Waals surface area contributed by atoms with E-state index in [0.29, 0.717) is 31.2 Å². The van der Waals surface area contributed by atoms with E-state index in [9.17, 15) is 4.39 Å². The van der Waals surface area contributed by atoms with Crippen molar-refractivity contribution in [3.8, 4) is 0 Å². The van der Waals surface area contributed by atoms with Gasteiger partial charge in [-0.05, 0) is 25.1 Å². The van der Waals surface area contributed by atoms with Gasteiger partial charge in [-0.1, -0.05) is 12.2 Å². The van der Waals surface area contributed by atoms with Gasteiger partial charge in [-0.3, -0.25) is 0 Å².